The van der Waals surface area contributed by atoms with E-state index in [0.29, 0.717) is 46.5 Å². The molecular weight excluding hydrogens is 506 g/mol. The summed E-state index contributed by atoms with van der Waals surface area (Å²) in [6, 6.07) is 14.6. The van der Waals surface area contributed by atoms with Crippen LogP contribution in [0.5, 0.6) is 5.75 Å². The number of hydrogen-bond donors (Lipinski definition) is 2. The molecule has 2 amide bonds. The topological polar surface area (TPSA) is 112 Å². The van der Waals surface area contributed by atoms with E-state index >= 15 is 0 Å². The second-order valence-electron chi connectivity index (χ2n) is 10.2. The first-order valence-corrected chi connectivity index (χ1v) is 13.6. The molecule has 2 aliphatic heterocycles. The lowest BCUT2D eigenvalue weighted by Crippen LogP contribution is -2.43. The minimum Gasteiger partial charge on any atom is -0.495 e. The average Bonchev–Trinajstić information content (AvgIpc) is 3.08. The van der Waals surface area contributed by atoms with Crippen molar-refractivity contribution in [3.8, 4) is 5.75 Å². The van der Waals surface area contributed by atoms with E-state index in [1.54, 1.807) is 43.5 Å². The van der Waals surface area contributed by atoms with Crippen LogP contribution in [-0.2, 0) is 4.79 Å². The molecule has 2 aliphatic rings. The highest BCUT2D eigenvalue weighted by molar-refractivity contribution is 6.19. The van der Waals surface area contributed by atoms with Gasteiger partial charge in [-0.05, 0) is 57.6 Å². The molecule has 2 aromatic carbocycles. The van der Waals surface area contributed by atoms with Gasteiger partial charge in [0.05, 0.1) is 30.4 Å². The number of likely N-dealkylation sites (N-methyl/N-ethyl adjacent to an activating group) is 1. The number of carbonyl (C=O) groups excluding carboxylic acids is 2. The Morgan fingerprint density at radius 3 is 2.55 bits per heavy atom. The van der Waals surface area contributed by atoms with Crippen LogP contribution in [0.15, 0.2) is 59.7 Å². The summed E-state index contributed by atoms with van der Waals surface area (Å²) in [5.74, 6) is 0.585. The van der Waals surface area contributed by atoms with Crippen LogP contribution in [0.4, 0.5) is 17.3 Å². The number of piperidine rings is 1. The van der Waals surface area contributed by atoms with Gasteiger partial charge in [-0.1, -0.05) is 37.3 Å². The average molecular weight is 542 g/mol. The first-order chi connectivity index (χ1) is 19.4. The highest BCUT2D eigenvalue weighted by atomic mass is 16.5. The number of amides is 2. The zero-order valence-electron chi connectivity index (χ0n) is 23.3. The summed E-state index contributed by atoms with van der Waals surface area (Å²) in [4.78, 5) is 44.0. The molecule has 0 spiro atoms. The zero-order valence-corrected chi connectivity index (χ0v) is 23.3. The van der Waals surface area contributed by atoms with E-state index in [0.717, 1.165) is 31.5 Å². The number of anilines is 3. The Morgan fingerprint density at radius 1 is 1.10 bits per heavy atom. The SMILES string of the molecule is CCC1N=C(c2ccccc2)c2nc(Nc3ccc(C(=O)NC4CCN(C)CC4)cc3OC)ncc2N(C)C1=O. The van der Waals surface area contributed by atoms with Gasteiger partial charge < -0.3 is 25.2 Å². The summed E-state index contributed by atoms with van der Waals surface area (Å²) in [5, 5.41) is 6.37. The van der Waals surface area contributed by atoms with Gasteiger partial charge in [-0.15, -0.1) is 0 Å². The van der Waals surface area contributed by atoms with Gasteiger partial charge in [-0.25, -0.2) is 9.97 Å². The minimum absolute atomic E-state index is 0.102. The van der Waals surface area contributed by atoms with Gasteiger partial charge in [-0.3, -0.25) is 14.6 Å². The molecule has 2 N–H and O–H groups in total. The van der Waals surface area contributed by atoms with Crippen molar-refractivity contribution in [2.75, 3.05) is 44.5 Å². The normalized spacial score (nSPS) is 18.0. The van der Waals surface area contributed by atoms with Gasteiger partial charge in [0.25, 0.3) is 11.8 Å². The first kappa shape index (κ1) is 27.3. The molecule has 5 rings (SSSR count). The maximum atomic E-state index is 13.1. The third-order valence-corrected chi connectivity index (χ3v) is 7.45. The van der Waals surface area contributed by atoms with Crippen molar-refractivity contribution in [2.45, 2.75) is 38.3 Å². The van der Waals surface area contributed by atoms with Crippen LogP contribution in [0.1, 0.15) is 47.8 Å². The quantitative estimate of drug-likeness (QED) is 0.470. The molecule has 1 unspecified atom stereocenters. The lowest BCUT2D eigenvalue weighted by Gasteiger charge is -2.29. The van der Waals surface area contributed by atoms with Crippen LogP contribution >= 0.6 is 0 Å². The molecule has 3 aromatic rings. The summed E-state index contributed by atoms with van der Waals surface area (Å²) in [5.41, 5.74) is 3.78. The van der Waals surface area contributed by atoms with Crippen molar-refractivity contribution in [1.29, 1.82) is 0 Å². The molecule has 0 radical (unpaired) electrons. The Labute approximate surface area is 234 Å². The molecule has 40 heavy (non-hydrogen) atoms. The predicted molar refractivity (Wildman–Crippen MR) is 156 cm³/mol. The van der Waals surface area contributed by atoms with Crippen LogP contribution in [0.25, 0.3) is 0 Å². The molecule has 208 valence electrons. The molecule has 3 heterocycles. The Kier molecular flexibility index (Phi) is 8.06. The Hall–Kier alpha value is -4.31. The summed E-state index contributed by atoms with van der Waals surface area (Å²) in [7, 11) is 5.38. The molecule has 0 aliphatic carbocycles. The molecular formula is C30H35N7O3. The smallest absolute Gasteiger partial charge is 0.251 e. The lowest BCUT2D eigenvalue weighted by atomic mass is 10.0. The van der Waals surface area contributed by atoms with E-state index in [1.165, 1.54) is 0 Å². The monoisotopic (exact) mass is 541 g/mol. The number of likely N-dealkylation sites (tertiary alicyclic amines) is 1. The number of nitrogens with zero attached hydrogens (tertiary/aromatic N) is 5. The Morgan fingerprint density at radius 2 is 1.85 bits per heavy atom. The molecule has 1 atom stereocenters. The van der Waals surface area contributed by atoms with Crippen LogP contribution in [0, 0.1) is 0 Å². The number of rotatable bonds is 7. The van der Waals surface area contributed by atoms with E-state index in [2.05, 4.69) is 27.6 Å². The number of aliphatic imine (C=N–C) groups is 1. The first-order valence-electron chi connectivity index (χ1n) is 13.6. The molecule has 1 saturated heterocycles. The van der Waals surface area contributed by atoms with Crippen molar-refractivity contribution >= 4 is 34.8 Å². The number of aromatic nitrogens is 2. The lowest BCUT2D eigenvalue weighted by molar-refractivity contribution is -0.119. The second-order valence-corrected chi connectivity index (χ2v) is 10.2. The Bertz CT molecular complexity index is 1420. The maximum absolute atomic E-state index is 13.1. The van der Waals surface area contributed by atoms with Crippen molar-refractivity contribution < 1.29 is 14.3 Å². The molecule has 10 nitrogen and oxygen atoms in total. The standard InChI is InChI=1S/C30H35N7O3/c1-5-22-29(39)37(3)24-18-31-30(35-27(24)26(33-22)19-9-7-6-8-10-19)34-23-12-11-20(17-25(23)40-4)28(38)32-21-13-15-36(2)16-14-21/h6-12,17-18,21-22H,5,13-16H2,1-4H3,(H,32,38)(H,31,34,35). The maximum Gasteiger partial charge on any atom is 0.251 e. The number of methoxy groups -OCH3 is 1. The number of fused-ring (bicyclic) bond motifs is 1. The van der Waals surface area contributed by atoms with Crippen LogP contribution in [0.2, 0.25) is 0 Å². The van der Waals surface area contributed by atoms with E-state index < -0.39 is 6.04 Å². The van der Waals surface area contributed by atoms with Crippen LogP contribution < -0.4 is 20.3 Å². The molecule has 1 fully saturated rings. The van der Waals surface area contributed by atoms with Gasteiger partial charge in [0.15, 0.2) is 0 Å². The number of carbonyl (C=O) groups is 2. The molecule has 0 saturated carbocycles. The van der Waals surface area contributed by atoms with Crippen LogP contribution in [-0.4, -0.2) is 78.8 Å². The zero-order chi connectivity index (χ0) is 28.2. The molecule has 0 bridgehead atoms. The molecule has 1 aromatic heterocycles. The highest BCUT2D eigenvalue weighted by Gasteiger charge is 2.30. The number of hydrogen-bond acceptors (Lipinski definition) is 8. The van der Waals surface area contributed by atoms with Gasteiger partial charge in [0.1, 0.15) is 17.5 Å². The second kappa shape index (κ2) is 11.8. The largest absolute Gasteiger partial charge is 0.495 e. The van der Waals surface area contributed by atoms with Crippen molar-refractivity contribution in [3.05, 3.63) is 71.5 Å². The number of ether oxygens (including phenoxy) is 1. The van der Waals surface area contributed by atoms with Gasteiger partial charge in [-0.2, -0.15) is 0 Å². The summed E-state index contributed by atoms with van der Waals surface area (Å²) >= 11 is 0. The number of benzene rings is 2. The van der Waals surface area contributed by atoms with Crippen molar-refractivity contribution in [2.24, 2.45) is 4.99 Å². The Balaban J connectivity index is 1.43. The van der Waals surface area contributed by atoms with Gasteiger partial charge in [0, 0.05) is 24.2 Å². The van der Waals surface area contributed by atoms with E-state index in [4.69, 9.17) is 14.7 Å². The van der Waals surface area contributed by atoms with Crippen molar-refractivity contribution in [3.63, 3.8) is 0 Å². The van der Waals surface area contributed by atoms with Crippen LogP contribution in [0.3, 0.4) is 0 Å². The van der Waals surface area contributed by atoms with E-state index in [9.17, 15) is 9.59 Å². The predicted octanol–water partition coefficient (Wildman–Crippen LogP) is 3.65. The minimum atomic E-state index is -0.515. The summed E-state index contributed by atoms with van der Waals surface area (Å²) < 4.78 is 5.61. The highest BCUT2D eigenvalue weighted by Crippen LogP contribution is 2.31. The van der Waals surface area contributed by atoms with E-state index in [-0.39, 0.29) is 17.9 Å². The third kappa shape index (κ3) is 5.67. The fourth-order valence-corrected chi connectivity index (χ4v) is 5.02. The van der Waals surface area contributed by atoms with Gasteiger partial charge >= 0.3 is 0 Å². The molecule has 10 heteroatoms. The van der Waals surface area contributed by atoms with E-state index in [1.807, 2.05) is 37.3 Å². The summed E-state index contributed by atoms with van der Waals surface area (Å²) in [6.45, 7) is 3.89. The fraction of sp³-hybridized carbons (Fsp3) is 0.367. The van der Waals surface area contributed by atoms with Gasteiger partial charge in [0.2, 0.25) is 5.95 Å². The number of nitrogens with one attached hydrogen (secondary N) is 2. The fourth-order valence-electron chi connectivity index (χ4n) is 5.02. The summed E-state index contributed by atoms with van der Waals surface area (Å²) in [6.07, 6.45) is 4.07. The third-order valence-electron chi connectivity index (χ3n) is 7.45. The van der Waals surface area contributed by atoms with Crippen molar-refractivity contribution in [1.82, 2.24) is 20.2 Å².